The highest BCUT2D eigenvalue weighted by molar-refractivity contribution is 5.96. The molecule has 8 rings (SSSR count). The SMILES string of the molecule is COc1cc(C(=O)N2[C@H]3CC[C@@H]2[C@H](N)C3)cc2nc(-c3cc4ccc(C5CCN(C(C)=O)C5)nc4n3CC3CC3)c(C)n12. The predicted molar refractivity (Wildman–Crippen MR) is 163 cm³/mol. The minimum Gasteiger partial charge on any atom is -0.482 e. The average Bonchev–Trinajstić information content (AvgIpc) is 3.38. The van der Waals surface area contributed by atoms with Crippen LogP contribution in [0.5, 0.6) is 5.88 Å². The van der Waals surface area contributed by atoms with Gasteiger partial charge >= 0.3 is 0 Å². The summed E-state index contributed by atoms with van der Waals surface area (Å²) in [6.07, 6.45) is 6.25. The Labute approximate surface area is 250 Å². The number of methoxy groups -OCH3 is 1. The first kappa shape index (κ1) is 26.7. The summed E-state index contributed by atoms with van der Waals surface area (Å²) in [5.41, 5.74) is 12.5. The lowest BCUT2D eigenvalue weighted by Gasteiger charge is -2.23. The molecule has 2 amide bonds. The van der Waals surface area contributed by atoms with Gasteiger partial charge in [0.25, 0.3) is 5.91 Å². The number of pyridine rings is 2. The first-order valence-corrected chi connectivity index (χ1v) is 15.7. The number of likely N-dealkylation sites (tertiary alicyclic amines) is 1. The predicted octanol–water partition coefficient (Wildman–Crippen LogP) is 4.12. The second-order valence-corrected chi connectivity index (χ2v) is 13.1. The third kappa shape index (κ3) is 4.24. The van der Waals surface area contributed by atoms with Crippen molar-refractivity contribution in [1.82, 2.24) is 28.7 Å². The second-order valence-electron chi connectivity index (χ2n) is 13.1. The fourth-order valence-corrected chi connectivity index (χ4v) is 7.89. The summed E-state index contributed by atoms with van der Waals surface area (Å²) in [7, 11) is 1.64. The molecule has 1 aliphatic carbocycles. The molecule has 7 heterocycles. The lowest BCUT2D eigenvalue weighted by atomic mass is 9.97. The molecular weight excluding hydrogens is 542 g/mol. The molecular formula is C33H39N7O3. The van der Waals surface area contributed by atoms with Crippen LogP contribution in [0.4, 0.5) is 0 Å². The van der Waals surface area contributed by atoms with Gasteiger partial charge in [-0.2, -0.15) is 0 Å². The van der Waals surface area contributed by atoms with Gasteiger partial charge in [0.15, 0.2) is 5.88 Å². The lowest BCUT2D eigenvalue weighted by Crippen LogP contribution is -2.40. The van der Waals surface area contributed by atoms with Crippen LogP contribution in [0.3, 0.4) is 0 Å². The maximum Gasteiger partial charge on any atom is 0.254 e. The van der Waals surface area contributed by atoms with Crippen molar-refractivity contribution in [2.45, 2.75) is 83.0 Å². The van der Waals surface area contributed by atoms with E-state index in [0.717, 1.165) is 79.1 Å². The maximum absolute atomic E-state index is 13.8. The standard InChI is InChI=1S/C33H39N7O3/c1-18-31(36-29-13-23(14-30(43-3)39(18)29)33(42)40-24-7-9-27(40)25(34)15-24)28-12-21-6-8-26(22-10-11-37(17-22)19(2)41)35-32(21)38(28)16-20-4-5-20/h6,8,12-14,20,22,24-25,27H,4-5,7,9-11,15-17,34H2,1-3H3/t22?,24-,25+,27+/m0/s1. The van der Waals surface area contributed by atoms with Gasteiger partial charge < -0.3 is 24.8 Å². The maximum atomic E-state index is 13.8. The van der Waals surface area contributed by atoms with Crippen molar-refractivity contribution in [3.63, 3.8) is 0 Å². The number of nitrogens with two attached hydrogens (primary N) is 1. The van der Waals surface area contributed by atoms with Crippen molar-refractivity contribution in [3.8, 4) is 17.3 Å². The van der Waals surface area contributed by atoms with Gasteiger partial charge in [0.1, 0.15) is 17.0 Å². The van der Waals surface area contributed by atoms with E-state index in [1.165, 1.54) is 12.8 Å². The second kappa shape index (κ2) is 9.80. The summed E-state index contributed by atoms with van der Waals surface area (Å²) in [6, 6.07) is 10.6. The number of aryl methyl sites for hydroxylation is 1. The van der Waals surface area contributed by atoms with Gasteiger partial charge in [-0.05, 0) is 75.6 Å². The van der Waals surface area contributed by atoms with Crippen molar-refractivity contribution < 1.29 is 14.3 Å². The van der Waals surface area contributed by atoms with Crippen LogP contribution in [0.15, 0.2) is 30.3 Å². The topological polar surface area (TPSA) is 111 Å². The van der Waals surface area contributed by atoms with Gasteiger partial charge in [0, 0.05) is 73.3 Å². The molecule has 10 heteroatoms. The van der Waals surface area contributed by atoms with Crippen molar-refractivity contribution in [3.05, 3.63) is 47.3 Å². The Morgan fingerprint density at radius 2 is 1.91 bits per heavy atom. The summed E-state index contributed by atoms with van der Waals surface area (Å²) in [4.78, 5) is 40.0. The van der Waals surface area contributed by atoms with E-state index in [0.29, 0.717) is 23.0 Å². The van der Waals surface area contributed by atoms with Crippen LogP contribution in [-0.4, -0.2) is 78.9 Å². The highest BCUT2D eigenvalue weighted by atomic mass is 16.5. The largest absolute Gasteiger partial charge is 0.482 e. The number of fused-ring (bicyclic) bond motifs is 4. The number of aromatic nitrogens is 4. The van der Waals surface area contributed by atoms with E-state index >= 15 is 0 Å². The van der Waals surface area contributed by atoms with E-state index in [1.807, 2.05) is 26.3 Å². The number of ether oxygens (including phenoxy) is 1. The lowest BCUT2D eigenvalue weighted by molar-refractivity contribution is -0.127. The Morgan fingerprint density at radius 1 is 1.07 bits per heavy atom. The molecule has 4 aromatic rings. The summed E-state index contributed by atoms with van der Waals surface area (Å²) < 4.78 is 10.2. The molecule has 3 aliphatic heterocycles. The summed E-state index contributed by atoms with van der Waals surface area (Å²) in [6.45, 7) is 6.11. The Kier molecular flexibility index (Phi) is 6.08. The van der Waals surface area contributed by atoms with E-state index in [-0.39, 0.29) is 35.9 Å². The van der Waals surface area contributed by atoms with E-state index in [2.05, 4.69) is 29.7 Å². The summed E-state index contributed by atoms with van der Waals surface area (Å²) in [5, 5.41) is 1.08. The Morgan fingerprint density at radius 3 is 2.58 bits per heavy atom. The zero-order valence-corrected chi connectivity index (χ0v) is 25.1. The van der Waals surface area contributed by atoms with Gasteiger partial charge in [-0.1, -0.05) is 0 Å². The number of carbonyl (C=O) groups is 2. The van der Waals surface area contributed by atoms with Gasteiger partial charge in [-0.25, -0.2) is 9.97 Å². The first-order chi connectivity index (χ1) is 20.8. The highest BCUT2D eigenvalue weighted by Crippen LogP contribution is 2.40. The molecule has 3 saturated heterocycles. The first-order valence-electron chi connectivity index (χ1n) is 15.7. The minimum absolute atomic E-state index is 0.0123. The Balaban J connectivity index is 1.21. The van der Waals surface area contributed by atoms with Crippen molar-refractivity contribution in [1.29, 1.82) is 0 Å². The Hall–Kier alpha value is -3.92. The number of carbonyl (C=O) groups excluding carboxylic acids is 2. The van der Waals surface area contributed by atoms with E-state index in [4.69, 9.17) is 20.4 Å². The van der Waals surface area contributed by atoms with Gasteiger partial charge in [-0.15, -0.1) is 0 Å². The number of amides is 2. The van der Waals surface area contributed by atoms with Crippen LogP contribution in [0.1, 0.15) is 73.1 Å². The zero-order valence-electron chi connectivity index (χ0n) is 25.1. The third-order valence-corrected chi connectivity index (χ3v) is 10.4. The van der Waals surface area contributed by atoms with Crippen molar-refractivity contribution in [2.75, 3.05) is 20.2 Å². The van der Waals surface area contributed by atoms with Crippen LogP contribution in [-0.2, 0) is 11.3 Å². The molecule has 224 valence electrons. The highest BCUT2D eigenvalue weighted by Gasteiger charge is 2.47. The summed E-state index contributed by atoms with van der Waals surface area (Å²) >= 11 is 0. The quantitative estimate of drug-likeness (QED) is 0.367. The van der Waals surface area contributed by atoms with E-state index < -0.39 is 0 Å². The molecule has 0 spiro atoms. The molecule has 4 atom stereocenters. The van der Waals surface area contributed by atoms with Crippen molar-refractivity contribution in [2.24, 2.45) is 11.7 Å². The fourth-order valence-electron chi connectivity index (χ4n) is 7.89. The van der Waals surface area contributed by atoms with Crippen molar-refractivity contribution >= 4 is 28.5 Å². The van der Waals surface area contributed by atoms with E-state index in [9.17, 15) is 9.59 Å². The zero-order chi connectivity index (χ0) is 29.6. The molecule has 0 radical (unpaired) electrons. The number of rotatable bonds is 6. The van der Waals surface area contributed by atoms with Crippen LogP contribution in [0.2, 0.25) is 0 Å². The van der Waals surface area contributed by atoms with E-state index in [1.54, 1.807) is 14.0 Å². The van der Waals surface area contributed by atoms with Crippen LogP contribution in [0, 0.1) is 12.8 Å². The normalized spacial score (nSPS) is 25.0. The van der Waals surface area contributed by atoms with Crippen LogP contribution < -0.4 is 10.5 Å². The molecule has 4 fully saturated rings. The Bertz CT molecular complexity index is 1790. The molecule has 2 bridgehead atoms. The number of hydrogen-bond acceptors (Lipinski definition) is 6. The van der Waals surface area contributed by atoms with Gasteiger partial charge in [0.2, 0.25) is 5.91 Å². The molecule has 2 N–H and O–H groups in total. The number of imidazole rings is 1. The van der Waals surface area contributed by atoms with Gasteiger partial charge in [0.05, 0.1) is 18.5 Å². The molecule has 4 aliphatic rings. The molecule has 1 saturated carbocycles. The van der Waals surface area contributed by atoms with Crippen LogP contribution in [0.25, 0.3) is 28.1 Å². The number of nitrogens with zero attached hydrogens (tertiary/aromatic N) is 6. The summed E-state index contributed by atoms with van der Waals surface area (Å²) in [5.74, 6) is 1.62. The molecule has 10 nitrogen and oxygen atoms in total. The van der Waals surface area contributed by atoms with Gasteiger partial charge in [-0.3, -0.25) is 14.0 Å². The average molecular weight is 582 g/mol. The molecule has 43 heavy (non-hydrogen) atoms. The minimum atomic E-state index is 0.0123. The monoisotopic (exact) mass is 581 g/mol. The number of hydrogen-bond donors (Lipinski definition) is 1. The molecule has 1 unspecified atom stereocenters. The molecule has 0 aromatic carbocycles. The molecule has 4 aromatic heterocycles. The smallest absolute Gasteiger partial charge is 0.254 e. The third-order valence-electron chi connectivity index (χ3n) is 10.4. The fraction of sp³-hybridized carbons (Fsp3) is 0.515. The van der Waals surface area contributed by atoms with Crippen LogP contribution >= 0.6 is 0 Å².